The van der Waals surface area contributed by atoms with Crippen molar-refractivity contribution in [2.24, 2.45) is 14.1 Å². The molecule has 0 N–H and O–H groups in total. The zero-order chi connectivity index (χ0) is 12.0. The van der Waals surface area contributed by atoms with Crippen molar-refractivity contribution < 1.29 is 0 Å². The summed E-state index contributed by atoms with van der Waals surface area (Å²) in [6.07, 6.45) is 3.39. The first-order chi connectivity index (χ1) is 8.18. The van der Waals surface area contributed by atoms with Gasteiger partial charge in [-0.15, -0.1) is 0 Å². The summed E-state index contributed by atoms with van der Waals surface area (Å²) in [4.78, 5) is 12.9. The number of pyridine rings is 1. The van der Waals surface area contributed by atoms with Crippen LogP contribution in [0.1, 0.15) is 0 Å². The van der Waals surface area contributed by atoms with Crippen LogP contribution in [0.5, 0.6) is 0 Å². The molecule has 0 saturated heterocycles. The highest BCUT2D eigenvalue weighted by Crippen LogP contribution is 2.26. The summed E-state index contributed by atoms with van der Waals surface area (Å²) < 4.78 is 3.69. The molecule has 6 heteroatoms. The van der Waals surface area contributed by atoms with Gasteiger partial charge in [0.25, 0.3) is 0 Å². The van der Waals surface area contributed by atoms with Gasteiger partial charge in [-0.3, -0.25) is 0 Å². The normalized spacial score (nSPS) is 11.2. The van der Waals surface area contributed by atoms with E-state index in [9.17, 15) is 0 Å². The van der Waals surface area contributed by atoms with Crippen molar-refractivity contribution in [1.82, 2.24) is 24.1 Å². The zero-order valence-electron chi connectivity index (χ0n) is 9.42. The average Bonchev–Trinajstić information content (AvgIpc) is 2.83. The van der Waals surface area contributed by atoms with Gasteiger partial charge in [0.15, 0.2) is 11.5 Å². The van der Waals surface area contributed by atoms with E-state index < -0.39 is 0 Å². The van der Waals surface area contributed by atoms with E-state index in [1.165, 1.54) is 0 Å². The van der Waals surface area contributed by atoms with E-state index >= 15 is 0 Å². The number of aromatic nitrogens is 5. The Balaban J connectivity index is 2.31. The summed E-state index contributed by atoms with van der Waals surface area (Å²) in [6, 6.07) is 3.85. The molecule has 0 aliphatic rings. The van der Waals surface area contributed by atoms with Crippen molar-refractivity contribution in [3.63, 3.8) is 0 Å². The van der Waals surface area contributed by atoms with Crippen molar-refractivity contribution in [2.75, 3.05) is 0 Å². The minimum Gasteiger partial charge on any atom is -0.324 e. The van der Waals surface area contributed by atoms with Gasteiger partial charge in [-0.05, 0) is 12.1 Å². The lowest BCUT2D eigenvalue weighted by molar-refractivity contribution is 0.913. The monoisotopic (exact) mass is 247 g/mol. The molecule has 0 aliphatic carbocycles. The Bertz CT molecular complexity index is 697. The Labute approximate surface area is 103 Å². The second kappa shape index (κ2) is 3.56. The Morgan fingerprint density at radius 2 is 2.06 bits per heavy atom. The molecule has 0 fully saturated rings. The van der Waals surface area contributed by atoms with Crippen molar-refractivity contribution >= 4 is 22.8 Å². The highest BCUT2D eigenvalue weighted by atomic mass is 35.5. The number of rotatable bonds is 1. The number of fused-ring (bicyclic) bond motifs is 1. The van der Waals surface area contributed by atoms with E-state index in [0.717, 1.165) is 11.3 Å². The molecule has 17 heavy (non-hydrogen) atoms. The molecule has 0 radical (unpaired) electrons. The van der Waals surface area contributed by atoms with E-state index in [1.807, 2.05) is 30.8 Å². The van der Waals surface area contributed by atoms with Gasteiger partial charge in [-0.25, -0.2) is 15.0 Å². The van der Waals surface area contributed by atoms with E-state index in [2.05, 4.69) is 15.0 Å². The molecule has 86 valence electrons. The molecular formula is C11H10ClN5. The summed E-state index contributed by atoms with van der Waals surface area (Å²) in [5.41, 5.74) is 2.34. The van der Waals surface area contributed by atoms with E-state index in [0.29, 0.717) is 16.5 Å². The predicted octanol–water partition coefficient (Wildman–Crippen LogP) is 2.02. The summed E-state index contributed by atoms with van der Waals surface area (Å²) in [7, 11) is 3.77. The van der Waals surface area contributed by atoms with Crippen molar-refractivity contribution in [3.8, 4) is 11.5 Å². The van der Waals surface area contributed by atoms with Gasteiger partial charge in [0, 0.05) is 20.3 Å². The molecule has 3 aromatic rings. The molecule has 0 saturated carbocycles. The Hall–Kier alpha value is -1.88. The lowest BCUT2D eigenvalue weighted by Crippen LogP contribution is -1.93. The van der Waals surface area contributed by atoms with E-state index in [4.69, 9.17) is 11.6 Å². The number of halogens is 1. The first-order valence-electron chi connectivity index (χ1n) is 5.13. The SMILES string of the molecule is Cn1cnc(-c2nc3ncccc3n2C)c1Cl. The first-order valence-corrected chi connectivity index (χ1v) is 5.51. The largest absolute Gasteiger partial charge is 0.324 e. The smallest absolute Gasteiger partial charge is 0.178 e. The number of imidazole rings is 2. The van der Waals surface area contributed by atoms with Crippen molar-refractivity contribution in [1.29, 1.82) is 0 Å². The first kappa shape index (κ1) is 10.3. The maximum Gasteiger partial charge on any atom is 0.178 e. The third-order valence-corrected chi connectivity index (χ3v) is 3.18. The average molecular weight is 248 g/mol. The van der Waals surface area contributed by atoms with Crippen LogP contribution in [-0.2, 0) is 14.1 Å². The van der Waals surface area contributed by atoms with Gasteiger partial charge in [0.1, 0.15) is 10.8 Å². The molecule has 3 rings (SSSR count). The van der Waals surface area contributed by atoms with Crippen LogP contribution in [0.4, 0.5) is 0 Å². The molecule has 0 aliphatic heterocycles. The van der Waals surface area contributed by atoms with E-state index in [-0.39, 0.29) is 0 Å². The number of aryl methyl sites for hydroxylation is 2. The fourth-order valence-electron chi connectivity index (χ4n) is 1.80. The number of hydrogen-bond donors (Lipinski definition) is 0. The predicted molar refractivity (Wildman–Crippen MR) is 65.7 cm³/mol. The van der Waals surface area contributed by atoms with Crippen LogP contribution in [0, 0.1) is 0 Å². The zero-order valence-corrected chi connectivity index (χ0v) is 10.2. The highest BCUT2D eigenvalue weighted by Gasteiger charge is 2.16. The molecule has 0 unspecified atom stereocenters. The van der Waals surface area contributed by atoms with Crippen molar-refractivity contribution in [2.45, 2.75) is 0 Å². The molecule has 5 nitrogen and oxygen atoms in total. The molecule has 0 spiro atoms. The maximum absolute atomic E-state index is 6.17. The minimum atomic E-state index is 0.573. The molecular weight excluding hydrogens is 238 g/mol. The Kier molecular flexibility index (Phi) is 2.16. The fraction of sp³-hybridized carbons (Fsp3) is 0.182. The minimum absolute atomic E-state index is 0.573. The molecule has 0 amide bonds. The van der Waals surface area contributed by atoms with Crippen molar-refractivity contribution in [3.05, 3.63) is 29.8 Å². The van der Waals surface area contributed by atoms with Crippen LogP contribution in [0.2, 0.25) is 5.15 Å². The third kappa shape index (κ3) is 1.43. The third-order valence-electron chi connectivity index (χ3n) is 2.73. The molecule has 3 aromatic heterocycles. The van der Waals surface area contributed by atoms with Crippen LogP contribution in [0.25, 0.3) is 22.7 Å². The summed E-state index contributed by atoms with van der Waals surface area (Å²) in [6.45, 7) is 0. The van der Waals surface area contributed by atoms with Crippen LogP contribution in [0.3, 0.4) is 0 Å². The summed E-state index contributed by atoms with van der Waals surface area (Å²) in [5, 5.41) is 0.573. The second-order valence-corrected chi connectivity index (χ2v) is 4.19. The number of nitrogens with zero attached hydrogens (tertiary/aromatic N) is 5. The van der Waals surface area contributed by atoms with Crippen LogP contribution in [-0.4, -0.2) is 24.1 Å². The number of hydrogen-bond acceptors (Lipinski definition) is 3. The Morgan fingerprint density at radius 1 is 1.24 bits per heavy atom. The van der Waals surface area contributed by atoms with Crippen LogP contribution < -0.4 is 0 Å². The molecule has 3 heterocycles. The van der Waals surface area contributed by atoms with Gasteiger partial charge in [-0.2, -0.15) is 0 Å². The summed E-state index contributed by atoms with van der Waals surface area (Å²) >= 11 is 6.17. The summed E-state index contributed by atoms with van der Waals surface area (Å²) in [5.74, 6) is 0.726. The lowest BCUT2D eigenvalue weighted by Gasteiger charge is -1.99. The van der Waals surface area contributed by atoms with Crippen LogP contribution in [0.15, 0.2) is 24.7 Å². The highest BCUT2D eigenvalue weighted by molar-refractivity contribution is 6.32. The second-order valence-electron chi connectivity index (χ2n) is 3.84. The molecule has 0 atom stereocenters. The Morgan fingerprint density at radius 3 is 2.71 bits per heavy atom. The topological polar surface area (TPSA) is 48.5 Å². The van der Waals surface area contributed by atoms with Gasteiger partial charge in [0.2, 0.25) is 0 Å². The lowest BCUT2D eigenvalue weighted by atomic mass is 10.4. The van der Waals surface area contributed by atoms with Gasteiger partial charge >= 0.3 is 0 Å². The molecule has 0 aromatic carbocycles. The quantitative estimate of drug-likeness (QED) is 0.661. The standard InChI is InChI=1S/C11H10ClN5/c1-16-6-14-8(9(16)12)11-15-10-7(17(11)2)4-3-5-13-10/h3-6H,1-2H3. The maximum atomic E-state index is 6.17. The molecule has 0 bridgehead atoms. The fourth-order valence-corrected chi connectivity index (χ4v) is 1.98. The van der Waals surface area contributed by atoms with Crippen LogP contribution >= 0.6 is 11.6 Å². The van der Waals surface area contributed by atoms with Gasteiger partial charge in [0.05, 0.1) is 11.8 Å². The van der Waals surface area contributed by atoms with Gasteiger partial charge < -0.3 is 9.13 Å². The van der Waals surface area contributed by atoms with Gasteiger partial charge in [-0.1, -0.05) is 11.6 Å². The van der Waals surface area contributed by atoms with E-state index in [1.54, 1.807) is 17.1 Å².